The van der Waals surface area contributed by atoms with Gasteiger partial charge in [0.05, 0.1) is 5.60 Å². The lowest BCUT2D eigenvalue weighted by Crippen LogP contribution is -2.40. The number of methoxy groups -OCH3 is 1. The van der Waals surface area contributed by atoms with Gasteiger partial charge in [-0.15, -0.1) is 0 Å². The van der Waals surface area contributed by atoms with Gasteiger partial charge in [0, 0.05) is 25.8 Å². The maximum Gasteiger partial charge on any atom is 0.158 e. The predicted molar refractivity (Wildman–Crippen MR) is 73.8 cm³/mol. The molecule has 1 fully saturated rings. The highest BCUT2D eigenvalue weighted by molar-refractivity contribution is 5.45. The molecule has 0 aliphatic carbocycles. The Kier molecular flexibility index (Phi) is 4.21. The van der Waals surface area contributed by atoms with Gasteiger partial charge in [0.25, 0.3) is 0 Å². The Labute approximate surface area is 113 Å². The molecular formula is C13H22N4O2. The maximum absolute atomic E-state index is 5.78. The van der Waals surface area contributed by atoms with Gasteiger partial charge in [-0.3, -0.25) is 0 Å². The average molecular weight is 266 g/mol. The number of hydrogen-bond donors (Lipinski definition) is 2. The summed E-state index contributed by atoms with van der Waals surface area (Å²) in [5.74, 6) is 1.80. The lowest BCUT2D eigenvalue weighted by atomic mass is 9.94. The van der Waals surface area contributed by atoms with Crippen molar-refractivity contribution in [3.05, 3.63) is 11.9 Å². The zero-order valence-electron chi connectivity index (χ0n) is 11.8. The first-order chi connectivity index (χ1) is 8.98. The van der Waals surface area contributed by atoms with Gasteiger partial charge in [0.1, 0.15) is 18.2 Å². The molecule has 1 aliphatic heterocycles. The molecule has 6 nitrogen and oxygen atoms in total. The van der Waals surface area contributed by atoms with E-state index in [2.05, 4.69) is 29.1 Å². The molecule has 1 unspecified atom stereocenters. The third-order valence-corrected chi connectivity index (χ3v) is 3.11. The van der Waals surface area contributed by atoms with Crippen LogP contribution in [0.15, 0.2) is 6.07 Å². The zero-order valence-corrected chi connectivity index (χ0v) is 11.8. The molecule has 0 saturated carbocycles. The first-order valence-corrected chi connectivity index (χ1v) is 6.51. The summed E-state index contributed by atoms with van der Waals surface area (Å²) in [6.45, 7) is 5.33. The topological polar surface area (TPSA) is 82.3 Å². The Balaban J connectivity index is 2.06. The minimum absolute atomic E-state index is 0.0934. The van der Waals surface area contributed by atoms with Crippen LogP contribution >= 0.6 is 0 Å². The largest absolute Gasteiger partial charge is 0.384 e. The van der Waals surface area contributed by atoms with Crippen LogP contribution in [0.3, 0.4) is 0 Å². The molecule has 6 heteroatoms. The number of anilines is 2. The molecule has 0 spiro atoms. The molecule has 2 rings (SSSR count). The Morgan fingerprint density at radius 2 is 2.32 bits per heavy atom. The summed E-state index contributed by atoms with van der Waals surface area (Å²) in [4.78, 5) is 8.52. The number of rotatable bonds is 4. The van der Waals surface area contributed by atoms with Crippen molar-refractivity contribution in [3.8, 4) is 0 Å². The van der Waals surface area contributed by atoms with E-state index in [-0.39, 0.29) is 5.60 Å². The van der Waals surface area contributed by atoms with Gasteiger partial charge in [0.15, 0.2) is 5.82 Å². The van der Waals surface area contributed by atoms with Gasteiger partial charge in [-0.25, -0.2) is 9.97 Å². The summed E-state index contributed by atoms with van der Waals surface area (Å²) in [5.41, 5.74) is 5.68. The van der Waals surface area contributed by atoms with Gasteiger partial charge in [-0.2, -0.15) is 0 Å². The first kappa shape index (κ1) is 14.0. The molecule has 1 atom stereocenters. The summed E-state index contributed by atoms with van der Waals surface area (Å²) in [5, 5.41) is 3.41. The SMILES string of the molecule is COCc1nc(N)cc(NC2CCOC(C)(C)C2)n1. The first-order valence-electron chi connectivity index (χ1n) is 6.51. The smallest absolute Gasteiger partial charge is 0.158 e. The fourth-order valence-corrected chi connectivity index (χ4v) is 2.35. The highest BCUT2D eigenvalue weighted by atomic mass is 16.5. The van der Waals surface area contributed by atoms with Gasteiger partial charge in [-0.1, -0.05) is 0 Å². The molecule has 2 heterocycles. The molecule has 0 radical (unpaired) electrons. The van der Waals surface area contributed by atoms with Crippen LogP contribution in [0.5, 0.6) is 0 Å². The van der Waals surface area contributed by atoms with Crippen molar-refractivity contribution in [2.24, 2.45) is 0 Å². The van der Waals surface area contributed by atoms with Crippen LogP contribution in [0.25, 0.3) is 0 Å². The predicted octanol–water partition coefficient (Wildman–Crippen LogP) is 1.57. The second kappa shape index (κ2) is 5.71. The van der Waals surface area contributed by atoms with E-state index in [1.54, 1.807) is 13.2 Å². The summed E-state index contributed by atoms with van der Waals surface area (Å²) < 4.78 is 10.7. The van der Waals surface area contributed by atoms with E-state index in [0.29, 0.717) is 24.3 Å². The lowest BCUT2D eigenvalue weighted by molar-refractivity contribution is -0.0553. The Morgan fingerprint density at radius 3 is 3.00 bits per heavy atom. The van der Waals surface area contributed by atoms with Crippen molar-refractivity contribution >= 4 is 11.6 Å². The number of nitrogen functional groups attached to an aromatic ring is 1. The maximum atomic E-state index is 5.78. The van der Waals surface area contributed by atoms with E-state index in [0.717, 1.165) is 25.3 Å². The van der Waals surface area contributed by atoms with Crippen LogP contribution in [0.2, 0.25) is 0 Å². The molecule has 0 bridgehead atoms. The number of nitrogens with zero attached hydrogens (tertiary/aromatic N) is 2. The Bertz CT molecular complexity index is 437. The van der Waals surface area contributed by atoms with E-state index in [9.17, 15) is 0 Å². The molecule has 1 aromatic rings. The van der Waals surface area contributed by atoms with E-state index >= 15 is 0 Å². The van der Waals surface area contributed by atoms with Crippen LogP contribution in [0.4, 0.5) is 11.6 Å². The molecule has 0 amide bonds. The van der Waals surface area contributed by atoms with E-state index in [1.807, 2.05) is 0 Å². The average Bonchev–Trinajstić information content (AvgIpc) is 2.26. The highest BCUT2D eigenvalue weighted by Crippen LogP contribution is 2.26. The Morgan fingerprint density at radius 1 is 1.53 bits per heavy atom. The fourth-order valence-electron chi connectivity index (χ4n) is 2.35. The number of ether oxygens (including phenoxy) is 2. The molecular weight excluding hydrogens is 244 g/mol. The minimum atomic E-state index is -0.0934. The summed E-state index contributed by atoms with van der Waals surface area (Å²) in [6.07, 6.45) is 1.91. The van der Waals surface area contributed by atoms with Crippen molar-refractivity contribution in [2.75, 3.05) is 24.8 Å². The van der Waals surface area contributed by atoms with Crippen LogP contribution in [-0.4, -0.2) is 35.3 Å². The monoisotopic (exact) mass is 266 g/mol. The summed E-state index contributed by atoms with van der Waals surface area (Å²) in [7, 11) is 1.61. The van der Waals surface area contributed by atoms with Crippen molar-refractivity contribution < 1.29 is 9.47 Å². The molecule has 3 N–H and O–H groups in total. The molecule has 1 aliphatic rings. The Hall–Kier alpha value is -1.40. The van der Waals surface area contributed by atoms with E-state index in [4.69, 9.17) is 15.2 Å². The van der Waals surface area contributed by atoms with Gasteiger partial charge in [0.2, 0.25) is 0 Å². The van der Waals surface area contributed by atoms with Crippen LogP contribution in [-0.2, 0) is 16.1 Å². The number of nitrogens with two attached hydrogens (primary N) is 1. The molecule has 1 aromatic heterocycles. The summed E-state index contributed by atoms with van der Waals surface area (Å²) >= 11 is 0. The van der Waals surface area contributed by atoms with E-state index in [1.165, 1.54) is 0 Å². The summed E-state index contributed by atoms with van der Waals surface area (Å²) in [6, 6.07) is 2.09. The normalized spacial score (nSPS) is 22.2. The second-order valence-electron chi connectivity index (χ2n) is 5.47. The van der Waals surface area contributed by atoms with Gasteiger partial charge < -0.3 is 20.5 Å². The minimum Gasteiger partial charge on any atom is -0.384 e. The molecule has 106 valence electrons. The molecule has 1 saturated heterocycles. The van der Waals surface area contributed by atoms with Crippen LogP contribution < -0.4 is 11.1 Å². The van der Waals surface area contributed by atoms with Crippen molar-refractivity contribution in [2.45, 2.75) is 44.9 Å². The molecule has 0 aromatic carbocycles. The van der Waals surface area contributed by atoms with Crippen LogP contribution in [0, 0.1) is 0 Å². The fraction of sp³-hybridized carbons (Fsp3) is 0.692. The van der Waals surface area contributed by atoms with Gasteiger partial charge >= 0.3 is 0 Å². The third-order valence-electron chi connectivity index (χ3n) is 3.11. The van der Waals surface area contributed by atoms with Crippen molar-refractivity contribution in [1.29, 1.82) is 0 Å². The quantitative estimate of drug-likeness (QED) is 0.861. The van der Waals surface area contributed by atoms with Gasteiger partial charge in [-0.05, 0) is 26.7 Å². The lowest BCUT2D eigenvalue weighted by Gasteiger charge is -2.36. The third kappa shape index (κ3) is 4.04. The number of hydrogen-bond acceptors (Lipinski definition) is 6. The number of nitrogens with one attached hydrogen (secondary N) is 1. The number of aromatic nitrogens is 2. The standard InChI is InChI=1S/C13H22N4O2/c1-13(2)7-9(4-5-19-13)15-11-6-10(14)16-12(17-11)8-18-3/h6,9H,4-5,7-8H2,1-3H3,(H3,14,15,16,17). The second-order valence-corrected chi connectivity index (χ2v) is 5.47. The van der Waals surface area contributed by atoms with E-state index < -0.39 is 0 Å². The van der Waals surface area contributed by atoms with Crippen molar-refractivity contribution in [3.63, 3.8) is 0 Å². The molecule has 19 heavy (non-hydrogen) atoms. The highest BCUT2D eigenvalue weighted by Gasteiger charge is 2.28. The zero-order chi connectivity index (χ0) is 13.9. The van der Waals surface area contributed by atoms with Crippen LogP contribution in [0.1, 0.15) is 32.5 Å². The van der Waals surface area contributed by atoms with Crippen molar-refractivity contribution in [1.82, 2.24) is 9.97 Å².